The molecule has 0 atom stereocenters. The summed E-state index contributed by atoms with van der Waals surface area (Å²) in [5.41, 5.74) is 0.894. The third-order valence-electron chi connectivity index (χ3n) is 2.47. The van der Waals surface area contributed by atoms with Crippen molar-refractivity contribution in [1.82, 2.24) is 5.32 Å². The molecule has 0 spiro atoms. The van der Waals surface area contributed by atoms with Crippen LogP contribution in [0.4, 0.5) is 5.69 Å². The molecule has 0 heterocycles. The van der Waals surface area contributed by atoms with Crippen molar-refractivity contribution in [3.8, 4) is 5.75 Å². The number of rotatable bonds is 5. The first-order chi connectivity index (χ1) is 7.78. The summed E-state index contributed by atoms with van der Waals surface area (Å²) in [6.45, 7) is 0.309. The molecule has 1 aliphatic carbocycles. The largest absolute Gasteiger partial charge is 0.497 e. The van der Waals surface area contributed by atoms with Gasteiger partial charge in [-0.3, -0.25) is 4.79 Å². The molecule has 1 aromatic carbocycles. The summed E-state index contributed by atoms with van der Waals surface area (Å²) >= 11 is 0. The van der Waals surface area contributed by atoms with Crippen LogP contribution in [0.15, 0.2) is 24.3 Å². The zero-order valence-electron chi connectivity index (χ0n) is 9.32. The first-order valence-corrected chi connectivity index (χ1v) is 5.45. The molecule has 0 aliphatic heterocycles. The van der Waals surface area contributed by atoms with Crippen LogP contribution in [0.3, 0.4) is 0 Å². The Bertz CT molecular complexity index is 375. The zero-order chi connectivity index (χ0) is 11.4. The maximum absolute atomic E-state index is 11.4. The summed E-state index contributed by atoms with van der Waals surface area (Å²) in [7, 11) is 1.62. The maximum atomic E-state index is 11.4. The van der Waals surface area contributed by atoms with Crippen LogP contribution in [-0.2, 0) is 4.79 Å². The second-order valence-corrected chi connectivity index (χ2v) is 3.93. The number of benzene rings is 1. The molecule has 16 heavy (non-hydrogen) atoms. The number of hydrogen-bond donors (Lipinski definition) is 2. The van der Waals surface area contributed by atoms with Gasteiger partial charge in [-0.25, -0.2) is 0 Å². The van der Waals surface area contributed by atoms with Crippen LogP contribution in [0.5, 0.6) is 5.75 Å². The Morgan fingerprint density at radius 2 is 2.31 bits per heavy atom. The van der Waals surface area contributed by atoms with Gasteiger partial charge in [-0.1, -0.05) is 6.07 Å². The highest BCUT2D eigenvalue weighted by molar-refractivity contribution is 5.81. The molecule has 0 radical (unpaired) electrons. The third-order valence-corrected chi connectivity index (χ3v) is 2.47. The minimum atomic E-state index is 0.0466. The molecule has 1 aromatic rings. The number of ether oxygens (including phenoxy) is 1. The van der Waals surface area contributed by atoms with Crippen molar-refractivity contribution in [2.75, 3.05) is 19.0 Å². The van der Waals surface area contributed by atoms with Gasteiger partial charge in [0.15, 0.2) is 0 Å². The predicted molar refractivity (Wildman–Crippen MR) is 62.6 cm³/mol. The van der Waals surface area contributed by atoms with Crippen molar-refractivity contribution in [2.24, 2.45) is 0 Å². The normalized spacial score (nSPS) is 14.3. The van der Waals surface area contributed by atoms with Gasteiger partial charge in [-0.2, -0.15) is 0 Å². The number of nitrogens with one attached hydrogen (secondary N) is 2. The minimum Gasteiger partial charge on any atom is -0.497 e. The molecule has 2 N–H and O–H groups in total. The van der Waals surface area contributed by atoms with E-state index in [1.54, 1.807) is 7.11 Å². The molecule has 1 aliphatic rings. The number of amides is 1. The van der Waals surface area contributed by atoms with Crippen molar-refractivity contribution in [3.63, 3.8) is 0 Å². The van der Waals surface area contributed by atoms with Crippen molar-refractivity contribution in [3.05, 3.63) is 24.3 Å². The molecule has 1 amide bonds. The van der Waals surface area contributed by atoms with Crippen molar-refractivity contribution in [1.29, 1.82) is 0 Å². The summed E-state index contributed by atoms with van der Waals surface area (Å²) < 4.78 is 5.10. The lowest BCUT2D eigenvalue weighted by Crippen LogP contribution is -2.31. The quantitative estimate of drug-likeness (QED) is 0.788. The Morgan fingerprint density at radius 3 is 3.00 bits per heavy atom. The Kier molecular flexibility index (Phi) is 3.29. The van der Waals surface area contributed by atoms with Gasteiger partial charge in [-0.15, -0.1) is 0 Å². The number of carbonyl (C=O) groups excluding carboxylic acids is 1. The zero-order valence-corrected chi connectivity index (χ0v) is 9.32. The smallest absolute Gasteiger partial charge is 0.239 e. The summed E-state index contributed by atoms with van der Waals surface area (Å²) in [6, 6.07) is 7.95. The molecule has 4 heteroatoms. The number of anilines is 1. The molecule has 1 saturated carbocycles. The molecular formula is C12H16N2O2. The molecular weight excluding hydrogens is 204 g/mol. The van der Waals surface area contributed by atoms with Crippen LogP contribution < -0.4 is 15.4 Å². The monoisotopic (exact) mass is 220 g/mol. The van der Waals surface area contributed by atoms with E-state index < -0.39 is 0 Å². The first-order valence-electron chi connectivity index (χ1n) is 5.45. The fourth-order valence-electron chi connectivity index (χ4n) is 1.42. The predicted octanol–water partition coefficient (Wildman–Crippen LogP) is 1.39. The first kappa shape index (κ1) is 10.8. The van der Waals surface area contributed by atoms with Crippen LogP contribution in [-0.4, -0.2) is 25.6 Å². The topological polar surface area (TPSA) is 50.4 Å². The molecule has 1 fully saturated rings. The minimum absolute atomic E-state index is 0.0466. The molecule has 0 unspecified atom stereocenters. The van der Waals surface area contributed by atoms with Gasteiger partial charge in [0.25, 0.3) is 0 Å². The highest BCUT2D eigenvalue weighted by Gasteiger charge is 2.22. The Hall–Kier alpha value is -1.71. The highest BCUT2D eigenvalue weighted by Crippen LogP contribution is 2.19. The maximum Gasteiger partial charge on any atom is 0.239 e. The van der Waals surface area contributed by atoms with E-state index in [0.29, 0.717) is 12.6 Å². The van der Waals surface area contributed by atoms with Gasteiger partial charge in [0, 0.05) is 17.8 Å². The standard InChI is InChI=1S/C12H16N2O2/c1-16-11-4-2-3-10(7-11)13-8-12(15)14-9-5-6-9/h2-4,7,9,13H,5-6,8H2,1H3,(H,14,15). The van der Waals surface area contributed by atoms with Gasteiger partial charge in [0.2, 0.25) is 5.91 Å². The van der Waals surface area contributed by atoms with Gasteiger partial charge >= 0.3 is 0 Å². The van der Waals surface area contributed by atoms with Gasteiger partial charge in [0.1, 0.15) is 5.75 Å². The fraction of sp³-hybridized carbons (Fsp3) is 0.417. The molecule has 0 aromatic heterocycles. The van der Waals surface area contributed by atoms with Crippen LogP contribution in [0.25, 0.3) is 0 Å². The summed E-state index contributed by atoms with van der Waals surface area (Å²) in [5.74, 6) is 0.831. The summed E-state index contributed by atoms with van der Waals surface area (Å²) in [5, 5.41) is 5.98. The van der Waals surface area contributed by atoms with E-state index >= 15 is 0 Å². The van der Waals surface area contributed by atoms with E-state index in [0.717, 1.165) is 24.3 Å². The average molecular weight is 220 g/mol. The van der Waals surface area contributed by atoms with Gasteiger partial charge in [-0.05, 0) is 25.0 Å². The number of carbonyl (C=O) groups is 1. The fourth-order valence-corrected chi connectivity index (χ4v) is 1.42. The van der Waals surface area contributed by atoms with Gasteiger partial charge < -0.3 is 15.4 Å². The Labute approximate surface area is 95.0 Å². The van der Waals surface area contributed by atoms with E-state index in [2.05, 4.69) is 10.6 Å². The molecule has 86 valence electrons. The number of methoxy groups -OCH3 is 1. The Balaban J connectivity index is 1.80. The lowest BCUT2D eigenvalue weighted by Gasteiger charge is -2.08. The SMILES string of the molecule is COc1cccc(NCC(=O)NC2CC2)c1. The Morgan fingerprint density at radius 1 is 1.50 bits per heavy atom. The van der Waals surface area contributed by atoms with Crippen LogP contribution in [0.2, 0.25) is 0 Å². The summed E-state index contributed by atoms with van der Waals surface area (Å²) in [4.78, 5) is 11.4. The lowest BCUT2D eigenvalue weighted by atomic mass is 10.3. The molecule has 4 nitrogen and oxygen atoms in total. The van der Waals surface area contributed by atoms with Crippen LogP contribution in [0, 0.1) is 0 Å². The molecule has 2 rings (SSSR count). The van der Waals surface area contributed by atoms with Crippen LogP contribution in [0.1, 0.15) is 12.8 Å². The molecule has 0 saturated heterocycles. The molecule has 0 bridgehead atoms. The second-order valence-electron chi connectivity index (χ2n) is 3.93. The van der Waals surface area contributed by atoms with E-state index in [1.807, 2.05) is 24.3 Å². The van der Waals surface area contributed by atoms with E-state index in [4.69, 9.17) is 4.74 Å². The average Bonchev–Trinajstić information content (AvgIpc) is 3.10. The van der Waals surface area contributed by atoms with E-state index in [1.165, 1.54) is 0 Å². The highest BCUT2D eigenvalue weighted by atomic mass is 16.5. The summed E-state index contributed by atoms with van der Waals surface area (Å²) in [6.07, 6.45) is 2.23. The van der Waals surface area contributed by atoms with Crippen molar-refractivity contribution in [2.45, 2.75) is 18.9 Å². The second kappa shape index (κ2) is 4.88. The van der Waals surface area contributed by atoms with Gasteiger partial charge in [0.05, 0.1) is 13.7 Å². The van der Waals surface area contributed by atoms with Crippen LogP contribution >= 0.6 is 0 Å². The van der Waals surface area contributed by atoms with Crippen molar-refractivity contribution < 1.29 is 9.53 Å². The lowest BCUT2D eigenvalue weighted by molar-refractivity contribution is -0.119. The van der Waals surface area contributed by atoms with E-state index in [9.17, 15) is 4.79 Å². The van der Waals surface area contributed by atoms with Crippen molar-refractivity contribution >= 4 is 11.6 Å². The number of hydrogen-bond acceptors (Lipinski definition) is 3. The third kappa shape index (κ3) is 3.15. The van der Waals surface area contributed by atoms with E-state index in [-0.39, 0.29) is 5.91 Å².